The molecule has 142 valence electrons. The van der Waals surface area contributed by atoms with Gasteiger partial charge in [0, 0.05) is 37.2 Å². The highest BCUT2D eigenvalue weighted by atomic mass is 32.1. The Labute approximate surface area is 163 Å². The molecule has 0 bridgehead atoms. The second-order valence-electron chi connectivity index (χ2n) is 6.55. The summed E-state index contributed by atoms with van der Waals surface area (Å²) in [6.07, 6.45) is 2.63. The fraction of sp³-hybridized carbons (Fsp3) is 0.368. The van der Waals surface area contributed by atoms with Gasteiger partial charge in [-0.05, 0) is 37.3 Å². The third kappa shape index (κ3) is 4.51. The predicted molar refractivity (Wildman–Crippen MR) is 107 cm³/mol. The molecule has 0 aliphatic carbocycles. The van der Waals surface area contributed by atoms with E-state index in [1.165, 1.54) is 0 Å². The normalized spacial score (nSPS) is 10.8. The number of rotatable bonds is 7. The number of aryl methyl sites for hydroxylation is 1. The first kappa shape index (κ1) is 19.0. The molecule has 1 N–H and O–H groups in total. The molecular weight excluding hydrogens is 360 g/mol. The Morgan fingerprint density at radius 3 is 2.81 bits per heavy atom. The molecule has 3 rings (SSSR count). The van der Waals surface area contributed by atoms with Crippen molar-refractivity contribution in [2.24, 2.45) is 0 Å². The molecule has 0 aromatic carbocycles. The third-order valence-electron chi connectivity index (χ3n) is 4.40. The lowest BCUT2D eigenvalue weighted by Gasteiger charge is -2.12. The van der Waals surface area contributed by atoms with Gasteiger partial charge in [-0.1, -0.05) is 6.07 Å². The Morgan fingerprint density at radius 1 is 1.30 bits per heavy atom. The molecule has 0 saturated carbocycles. The minimum absolute atomic E-state index is 0.0480. The van der Waals surface area contributed by atoms with Gasteiger partial charge >= 0.3 is 0 Å². The number of aromatic nitrogens is 4. The molecule has 0 aliphatic rings. The highest BCUT2D eigenvalue weighted by Gasteiger charge is 2.15. The first-order valence-electron chi connectivity index (χ1n) is 8.79. The van der Waals surface area contributed by atoms with E-state index in [-0.39, 0.29) is 5.91 Å². The van der Waals surface area contributed by atoms with Gasteiger partial charge in [0.25, 0.3) is 0 Å². The zero-order chi connectivity index (χ0) is 19.4. The minimum Gasteiger partial charge on any atom is -0.363 e. The molecule has 0 spiro atoms. The van der Waals surface area contributed by atoms with Crippen LogP contribution < -0.4 is 10.2 Å². The summed E-state index contributed by atoms with van der Waals surface area (Å²) in [5.41, 5.74) is 3.01. The van der Waals surface area contributed by atoms with Crippen LogP contribution in [0, 0.1) is 13.8 Å². The molecule has 0 aliphatic heterocycles. The smallest absolute Gasteiger partial charge is 0.220 e. The lowest BCUT2D eigenvalue weighted by atomic mass is 10.1. The van der Waals surface area contributed by atoms with Crippen LogP contribution in [0.25, 0.3) is 5.82 Å². The molecule has 0 unspecified atom stereocenters. The van der Waals surface area contributed by atoms with Gasteiger partial charge in [0.1, 0.15) is 12.1 Å². The van der Waals surface area contributed by atoms with Crippen LogP contribution in [0.3, 0.4) is 0 Å². The zero-order valence-corrected chi connectivity index (χ0v) is 16.9. The van der Waals surface area contributed by atoms with Crippen molar-refractivity contribution in [2.75, 3.05) is 19.0 Å². The van der Waals surface area contributed by atoms with Gasteiger partial charge in [-0.15, -0.1) is 11.3 Å². The van der Waals surface area contributed by atoms with Crippen molar-refractivity contribution in [3.63, 3.8) is 0 Å². The quantitative estimate of drug-likeness (QED) is 0.678. The van der Waals surface area contributed by atoms with Crippen molar-refractivity contribution in [3.05, 3.63) is 51.7 Å². The number of thiophene rings is 1. The molecule has 8 heteroatoms. The number of nitrogens with zero attached hydrogens (tertiary/aromatic N) is 5. The van der Waals surface area contributed by atoms with Gasteiger partial charge in [-0.25, -0.2) is 14.6 Å². The summed E-state index contributed by atoms with van der Waals surface area (Å²) >= 11 is 1.64. The average Bonchev–Trinajstić information content (AvgIpc) is 3.27. The van der Waals surface area contributed by atoms with E-state index in [4.69, 9.17) is 0 Å². The van der Waals surface area contributed by atoms with Gasteiger partial charge in [0.15, 0.2) is 5.82 Å². The van der Waals surface area contributed by atoms with E-state index in [1.54, 1.807) is 17.7 Å². The van der Waals surface area contributed by atoms with Crippen LogP contribution in [-0.4, -0.2) is 39.8 Å². The number of hydrogen-bond acceptors (Lipinski definition) is 6. The van der Waals surface area contributed by atoms with Gasteiger partial charge in [-0.2, -0.15) is 5.10 Å². The summed E-state index contributed by atoms with van der Waals surface area (Å²) in [5, 5.41) is 9.61. The Morgan fingerprint density at radius 2 is 2.11 bits per heavy atom. The molecule has 3 aromatic heterocycles. The fourth-order valence-electron chi connectivity index (χ4n) is 2.88. The van der Waals surface area contributed by atoms with E-state index in [0.717, 1.165) is 33.5 Å². The van der Waals surface area contributed by atoms with Crippen LogP contribution in [0.2, 0.25) is 0 Å². The molecule has 0 fully saturated rings. The van der Waals surface area contributed by atoms with Crippen molar-refractivity contribution >= 4 is 23.1 Å². The number of carbonyl (C=O) groups excluding carboxylic acids is 1. The standard InChI is InChI=1S/C19H24N6OS/c1-13-16(7-8-19(26)20-11-15-6-5-9-27-15)14(2)25(23-13)18-10-17(24(3)4)21-12-22-18/h5-6,9-10,12H,7-8,11H2,1-4H3,(H,20,26). The maximum atomic E-state index is 12.2. The Hall–Kier alpha value is -2.74. The molecule has 7 nitrogen and oxygen atoms in total. The molecule has 1 amide bonds. The number of anilines is 1. The highest BCUT2D eigenvalue weighted by Crippen LogP contribution is 2.20. The monoisotopic (exact) mass is 384 g/mol. The second-order valence-corrected chi connectivity index (χ2v) is 7.58. The second kappa shape index (κ2) is 8.30. The summed E-state index contributed by atoms with van der Waals surface area (Å²) < 4.78 is 1.82. The molecule has 0 atom stereocenters. The summed E-state index contributed by atoms with van der Waals surface area (Å²) in [4.78, 5) is 23.8. The minimum atomic E-state index is 0.0480. The lowest BCUT2D eigenvalue weighted by molar-refractivity contribution is -0.121. The van der Waals surface area contributed by atoms with E-state index in [2.05, 4.69) is 20.4 Å². The number of hydrogen-bond donors (Lipinski definition) is 1. The van der Waals surface area contributed by atoms with Gasteiger partial charge in [0.2, 0.25) is 5.91 Å². The number of nitrogens with one attached hydrogen (secondary N) is 1. The summed E-state index contributed by atoms with van der Waals surface area (Å²) in [7, 11) is 3.88. The highest BCUT2D eigenvalue weighted by molar-refractivity contribution is 7.09. The van der Waals surface area contributed by atoms with Crippen LogP contribution in [0.5, 0.6) is 0 Å². The third-order valence-corrected chi connectivity index (χ3v) is 5.27. The summed E-state index contributed by atoms with van der Waals surface area (Å²) in [6.45, 7) is 4.56. The Kier molecular flexibility index (Phi) is 5.85. The fourth-order valence-corrected chi connectivity index (χ4v) is 3.53. The molecule has 3 heterocycles. The van der Waals surface area contributed by atoms with E-state index in [0.29, 0.717) is 19.4 Å². The Balaban J connectivity index is 1.68. The van der Waals surface area contributed by atoms with Crippen molar-refractivity contribution < 1.29 is 4.79 Å². The molecule has 0 saturated heterocycles. The molecule has 0 radical (unpaired) electrons. The SMILES string of the molecule is Cc1nn(-c2cc(N(C)C)ncn2)c(C)c1CCC(=O)NCc1cccs1. The lowest BCUT2D eigenvalue weighted by Crippen LogP contribution is -2.22. The van der Waals surface area contributed by atoms with E-state index < -0.39 is 0 Å². The van der Waals surface area contributed by atoms with Crippen molar-refractivity contribution in [2.45, 2.75) is 33.2 Å². The number of carbonyl (C=O) groups is 1. The maximum Gasteiger partial charge on any atom is 0.220 e. The predicted octanol–water partition coefficient (Wildman–Crippen LogP) is 2.66. The van der Waals surface area contributed by atoms with E-state index >= 15 is 0 Å². The van der Waals surface area contributed by atoms with Crippen molar-refractivity contribution in [1.82, 2.24) is 25.1 Å². The van der Waals surface area contributed by atoms with Crippen LogP contribution >= 0.6 is 11.3 Å². The summed E-state index contributed by atoms with van der Waals surface area (Å²) in [6, 6.07) is 5.91. The van der Waals surface area contributed by atoms with Gasteiger partial charge in [-0.3, -0.25) is 4.79 Å². The molecular formula is C19H24N6OS. The first-order chi connectivity index (χ1) is 13.0. The van der Waals surface area contributed by atoms with Crippen LogP contribution in [0.15, 0.2) is 29.9 Å². The topological polar surface area (TPSA) is 75.9 Å². The van der Waals surface area contributed by atoms with Gasteiger partial charge < -0.3 is 10.2 Å². The van der Waals surface area contributed by atoms with Crippen LogP contribution in [0.4, 0.5) is 5.82 Å². The Bertz CT molecular complexity index is 916. The summed E-state index contributed by atoms with van der Waals surface area (Å²) in [5.74, 6) is 1.59. The van der Waals surface area contributed by atoms with E-state index in [9.17, 15) is 4.79 Å². The first-order valence-corrected chi connectivity index (χ1v) is 9.67. The molecule has 27 heavy (non-hydrogen) atoms. The van der Waals surface area contributed by atoms with Crippen molar-refractivity contribution in [1.29, 1.82) is 0 Å². The largest absolute Gasteiger partial charge is 0.363 e. The van der Waals surface area contributed by atoms with Crippen LogP contribution in [-0.2, 0) is 17.8 Å². The van der Waals surface area contributed by atoms with Crippen molar-refractivity contribution in [3.8, 4) is 5.82 Å². The van der Waals surface area contributed by atoms with E-state index in [1.807, 2.05) is 61.1 Å². The molecule has 3 aromatic rings. The zero-order valence-electron chi connectivity index (χ0n) is 16.1. The van der Waals surface area contributed by atoms with Crippen LogP contribution in [0.1, 0.15) is 28.2 Å². The van der Waals surface area contributed by atoms with Gasteiger partial charge in [0.05, 0.1) is 12.2 Å². The average molecular weight is 385 g/mol. The number of amides is 1. The maximum absolute atomic E-state index is 12.2.